The largest absolute Gasteiger partial charge is 0.395 e. The predicted molar refractivity (Wildman–Crippen MR) is 73.2 cm³/mol. The van der Waals surface area contributed by atoms with Crippen molar-refractivity contribution >= 4 is 5.91 Å². The summed E-state index contributed by atoms with van der Waals surface area (Å²) < 4.78 is 0. The van der Waals surface area contributed by atoms with Gasteiger partial charge in [-0.3, -0.25) is 15.1 Å². The maximum absolute atomic E-state index is 11.5. The van der Waals surface area contributed by atoms with Crippen molar-refractivity contribution < 1.29 is 9.90 Å². The van der Waals surface area contributed by atoms with Gasteiger partial charge in [0, 0.05) is 24.7 Å². The number of aliphatic hydroxyl groups is 1. The molecular formula is C14H21N3O2. The van der Waals surface area contributed by atoms with Crippen LogP contribution in [0.2, 0.25) is 0 Å². The monoisotopic (exact) mass is 263 g/mol. The number of carbonyl (C=O) groups excluding carboxylic acids is 1. The van der Waals surface area contributed by atoms with Gasteiger partial charge in [0.05, 0.1) is 6.61 Å². The Labute approximate surface area is 113 Å². The maximum Gasteiger partial charge on any atom is 0.265 e. The van der Waals surface area contributed by atoms with Crippen LogP contribution in [-0.4, -0.2) is 35.1 Å². The summed E-state index contributed by atoms with van der Waals surface area (Å²) in [4.78, 5) is 13.8. The SMILES string of the molecule is NNC(=O)c1cccc(CN(CCO)C2CCC2)c1. The molecule has 0 aliphatic heterocycles. The normalized spacial score (nSPS) is 15.3. The smallest absolute Gasteiger partial charge is 0.265 e. The number of hydrogen-bond donors (Lipinski definition) is 3. The van der Waals surface area contributed by atoms with E-state index in [2.05, 4.69) is 10.3 Å². The Morgan fingerprint density at radius 3 is 2.84 bits per heavy atom. The van der Waals surface area contributed by atoms with Crippen LogP contribution in [0.15, 0.2) is 24.3 Å². The lowest BCUT2D eigenvalue weighted by Gasteiger charge is -2.37. The van der Waals surface area contributed by atoms with Crippen LogP contribution in [-0.2, 0) is 6.54 Å². The Morgan fingerprint density at radius 1 is 1.47 bits per heavy atom. The van der Waals surface area contributed by atoms with Crippen LogP contribution in [0.5, 0.6) is 0 Å². The minimum Gasteiger partial charge on any atom is -0.395 e. The number of nitrogen functional groups attached to an aromatic ring is 1. The molecule has 0 bridgehead atoms. The highest BCUT2D eigenvalue weighted by Gasteiger charge is 2.24. The third-order valence-electron chi connectivity index (χ3n) is 3.68. The highest BCUT2D eigenvalue weighted by Crippen LogP contribution is 2.26. The Balaban J connectivity index is 2.05. The van der Waals surface area contributed by atoms with Crippen molar-refractivity contribution in [1.29, 1.82) is 0 Å². The molecule has 1 amide bonds. The van der Waals surface area contributed by atoms with Gasteiger partial charge in [0.25, 0.3) is 5.91 Å². The molecule has 2 rings (SSSR count). The number of nitrogens with two attached hydrogens (primary N) is 1. The van der Waals surface area contributed by atoms with E-state index in [1.54, 1.807) is 6.07 Å². The van der Waals surface area contributed by atoms with Crippen LogP contribution in [0.3, 0.4) is 0 Å². The first-order valence-electron chi connectivity index (χ1n) is 6.69. The number of amides is 1. The number of nitrogens with zero attached hydrogens (tertiary/aromatic N) is 1. The summed E-state index contributed by atoms with van der Waals surface area (Å²) in [5.41, 5.74) is 3.78. The molecule has 1 aromatic carbocycles. The Kier molecular flexibility index (Phi) is 4.90. The molecule has 1 aromatic rings. The number of carbonyl (C=O) groups is 1. The first kappa shape index (κ1) is 14.0. The van der Waals surface area contributed by atoms with Gasteiger partial charge in [-0.05, 0) is 30.5 Å². The minimum absolute atomic E-state index is 0.166. The van der Waals surface area contributed by atoms with Crippen molar-refractivity contribution in [2.45, 2.75) is 31.8 Å². The summed E-state index contributed by atoms with van der Waals surface area (Å²) >= 11 is 0. The van der Waals surface area contributed by atoms with Gasteiger partial charge in [0.1, 0.15) is 0 Å². The van der Waals surface area contributed by atoms with Gasteiger partial charge in [0.15, 0.2) is 0 Å². The topological polar surface area (TPSA) is 78.6 Å². The van der Waals surface area contributed by atoms with Crippen LogP contribution < -0.4 is 11.3 Å². The summed E-state index contributed by atoms with van der Waals surface area (Å²) in [5, 5.41) is 9.14. The van der Waals surface area contributed by atoms with Gasteiger partial charge in [-0.1, -0.05) is 18.6 Å². The predicted octanol–water partition coefficient (Wildman–Crippen LogP) is 0.637. The van der Waals surface area contributed by atoms with Gasteiger partial charge < -0.3 is 5.11 Å². The van der Waals surface area contributed by atoms with E-state index in [0.717, 1.165) is 12.1 Å². The fourth-order valence-electron chi connectivity index (χ4n) is 2.40. The molecular weight excluding hydrogens is 242 g/mol. The molecule has 4 N–H and O–H groups in total. The molecule has 0 unspecified atom stereocenters. The van der Waals surface area contributed by atoms with E-state index in [1.807, 2.05) is 18.2 Å². The van der Waals surface area contributed by atoms with Gasteiger partial charge in [-0.15, -0.1) is 0 Å². The Hall–Kier alpha value is -1.43. The quantitative estimate of drug-likeness (QED) is 0.400. The fourth-order valence-corrected chi connectivity index (χ4v) is 2.40. The number of aliphatic hydroxyl groups excluding tert-OH is 1. The van der Waals surface area contributed by atoms with Crippen molar-refractivity contribution in [2.24, 2.45) is 5.84 Å². The zero-order valence-corrected chi connectivity index (χ0v) is 11.0. The van der Waals surface area contributed by atoms with Crippen molar-refractivity contribution in [3.63, 3.8) is 0 Å². The molecule has 1 saturated carbocycles. The molecule has 0 aromatic heterocycles. The molecule has 1 aliphatic carbocycles. The minimum atomic E-state index is -0.279. The number of rotatable bonds is 6. The van der Waals surface area contributed by atoms with E-state index in [9.17, 15) is 4.79 Å². The van der Waals surface area contributed by atoms with Crippen LogP contribution in [0.4, 0.5) is 0 Å². The van der Waals surface area contributed by atoms with Crippen LogP contribution in [0.1, 0.15) is 35.2 Å². The van der Waals surface area contributed by atoms with Crippen LogP contribution in [0, 0.1) is 0 Å². The van der Waals surface area contributed by atoms with Crippen molar-refractivity contribution in [1.82, 2.24) is 10.3 Å². The summed E-state index contributed by atoms with van der Waals surface area (Å²) in [6, 6.07) is 8.02. The number of benzene rings is 1. The lowest BCUT2D eigenvalue weighted by atomic mass is 9.91. The second-order valence-electron chi connectivity index (χ2n) is 4.95. The van der Waals surface area contributed by atoms with E-state index in [0.29, 0.717) is 18.2 Å². The summed E-state index contributed by atoms with van der Waals surface area (Å²) in [7, 11) is 0. The van der Waals surface area contributed by atoms with Crippen LogP contribution in [0.25, 0.3) is 0 Å². The number of nitrogens with one attached hydrogen (secondary N) is 1. The lowest BCUT2D eigenvalue weighted by Crippen LogP contribution is -2.41. The maximum atomic E-state index is 11.5. The fraction of sp³-hybridized carbons (Fsp3) is 0.500. The molecule has 104 valence electrons. The molecule has 1 aliphatic rings. The third kappa shape index (κ3) is 3.53. The summed E-state index contributed by atoms with van der Waals surface area (Å²) in [6.07, 6.45) is 3.66. The van der Waals surface area contributed by atoms with Gasteiger partial charge in [-0.2, -0.15) is 0 Å². The van der Waals surface area contributed by atoms with E-state index in [4.69, 9.17) is 10.9 Å². The number of hydrazine groups is 1. The Morgan fingerprint density at radius 2 is 2.26 bits per heavy atom. The highest BCUT2D eigenvalue weighted by molar-refractivity contribution is 5.93. The second kappa shape index (κ2) is 6.65. The molecule has 0 spiro atoms. The Bertz CT molecular complexity index is 432. The van der Waals surface area contributed by atoms with Gasteiger partial charge in [0.2, 0.25) is 0 Å². The lowest BCUT2D eigenvalue weighted by molar-refractivity contribution is 0.0936. The standard InChI is InChI=1S/C14H21N3O2/c15-16-14(19)12-4-1-3-11(9-12)10-17(7-8-18)13-5-2-6-13/h1,3-4,9,13,18H,2,5-8,10,15H2,(H,16,19). The molecule has 5 nitrogen and oxygen atoms in total. The van der Waals surface area contributed by atoms with Gasteiger partial charge in [-0.25, -0.2) is 5.84 Å². The zero-order valence-electron chi connectivity index (χ0n) is 11.0. The molecule has 0 radical (unpaired) electrons. The molecule has 19 heavy (non-hydrogen) atoms. The number of hydrogen-bond acceptors (Lipinski definition) is 4. The molecule has 0 atom stereocenters. The average molecular weight is 263 g/mol. The zero-order chi connectivity index (χ0) is 13.7. The van der Waals surface area contributed by atoms with Crippen molar-refractivity contribution in [3.8, 4) is 0 Å². The molecule has 0 saturated heterocycles. The molecule has 1 fully saturated rings. The average Bonchev–Trinajstić information content (AvgIpc) is 2.36. The van der Waals surface area contributed by atoms with E-state index in [1.165, 1.54) is 19.3 Å². The van der Waals surface area contributed by atoms with Crippen LogP contribution >= 0.6 is 0 Å². The first-order valence-corrected chi connectivity index (χ1v) is 6.69. The van der Waals surface area contributed by atoms with Gasteiger partial charge >= 0.3 is 0 Å². The van der Waals surface area contributed by atoms with Crippen molar-refractivity contribution in [3.05, 3.63) is 35.4 Å². The molecule has 0 heterocycles. The second-order valence-corrected chi connectivity index (χ2v) is 4.95. The first-order chi connectivity index (χ1) is 9.24. The van der Waals surface area contributed by atoms with Crippen molar-refractivity contribution in [2.75, 3.05) is 13.2 Å². The third-order valence-corrected chi connectivity index (χ3v) is 3.68. The summed E-state index contributed by atoms with van der Waals surface area (Å²) in [6.45, 7) is 1.61. The van der Waals surface area contributed by atoms with E-state index >= 15 is 0 Å². The van der Waals surface area contributed by atoms with E-state index in [-0.39, 0.29) is 12.5 Å². The molecule has 5 heteroatoms. The summed E-state index contributed by atoms with van der Waals surface area (Å²) in [5.74, 6) is 4.86. The highest BCUT2D eigenvalue weighted by atomic mass is 16.3. The van der Waals surface area contributed by atoms with E-state index < -0.39 is 0 Å².